The van der Waals surface area contributed by atoms with Crippen LogP contribution in [0.1, 0.15) is 0 Å². The summed E-state index contributed by atoms with van der Waals surface area (Å²) in [7, 11) is 8.02. The first-order chi connectivity index (χ1) is 12.6. The Morgan fingerprint density at radius 3 is 2.35 bits per heavy atom. The van der Waals surface area contributed by atoms with Gasteiger partial charge in [0.15, 0.2) is 0 Å². The molecule has 0 amide bonds. The molecule has 0 unspecified atom stereocenters. The van der Waals surface area contributed by atoms with E-state index in [9.17, 15) is 0 Å². The van der Waals surface area contributed by atoms with Crippen LogP contribution in [-0.2, 0) is 0 Å². The predicted octanol–water partition coefficient (Wildman–Crippen LogP) is 3.41. The Kier molecular flexibility index (Phi) is 5.53. The van der Waals surface area contributed by atoms with E-state index in [0.717, 1.165) is 29.1 Å². The number of anilines is 1. The predicted molar refractivity (Wildman–Crippen MR) is 104 cm³/mol. The van der Waals surface area contributed by atoms with Gasteiger partial charge in [-0.15, -0.1) is 0 Å². The van der Waals surface area contributed by atoms with Crippen LogP contribution in [0.5, 0.6) is 5.75 Å². The van der Waals surface area contributed by atoms with Gasteiger partial charge < -0.3 is 19.1 Å². The fourth-order valence-electron chi connectivity index (χ4n) is 2.60. The molecule has 0 atom stereocenters. The summed E-state index contributed by atoms with van der Waals surface area (Å²) in [6.45, 7) is 1.42. The Balaban J connectivity index is 1.89. The number of ether oxygens (including phenoxy) is 1. The lowest BCUT2D eigenvalue weighted by atomic mass is 10.1. The quantitative estimate of drug-likeness (QED) is 0.649. The number of hydrogen-bond acceptors (Lipinski definition) is 6. The van der Waals surface area contributed by atoms with Crippen molar-refractivity contribution in [2.24, 2.45) is 0 Å². The van der Waals surface area contributed by atoms with Crippen LogP contribution in [0.25, 0.3) is 22.8 Å². The SMILES string of the molecule is CN(C)CCOc1ccccc1-c1nc(-c2ccccc2N(C)C)no1. The van der Waals surface area contributed by atoms with E-state index < -0.39 is 0 Å². The second-order valence-electron chi connectivity index (χ2n) is 6.48. The third-order valence-corrected chi connectivity index (χ3v) is 3.97. The summed E-state index contributed by atoms with van der Waals surface area (Å²) in [6, 6.07) is 15.7. The lowest BCUT2D eigenvalue weighted by molar-refractivity contribution is 0.261. The molecule has 0 spiro atoms. The fourth-order valence-corrected chi connectivity index (χ4v) is 2.60. The number of benzene rings is 2. The highest BCUT2D eigenvalue weighted by Gasteiger charge is 2.17. The van der Waals surface area contributed by atoms with Crippen molar-refractivity contribution < 1.29 is 9.26 Å². The van der Waals surface area contributed by atoms with Crippen molar-refractivity contribution in [2.75, 3.05) is 46.2 Å². The minimum absolute atomic E-state index is 0.453. The van der Waals surface area contributed by atoms with Crippen molar-refractivity contribution in [3.8, 4) is 28.6 Å². The first-order valence-corrected chi connectivity index (χ1v) is 8.53. The Bertz CT molecular complexity index is 858. The third-order valence-electron chi connectivity index (χ3n) is 3.97. The molecule has 3 aromatic rings. The minimum Gasteiger partial charge on any atom is -0.491 e. The Morgan fingerprint density at radius 1 is 0.923 bits per heavy atom. The van der Waals surface area contributed by atoms with Crippen LogP contribution < -0.4 is 9.64 Å². The van der Waals surface area contributed by atoms with E-state index in [0.29, 0.717) is 18.3 Å². The zero-order valence-corrected chi connectivity index (χ0v) is 15.6. The molecule has 3 rings (SSSR count). The average molecular weight is 352 g/mol. The normalized spacial score (nSPS) is 11.0. The van der Waals surface area contributed by atoms with Gasteiger partial charge >= 0.3 is 0 Å². The molecule has 0 fully saturated rings. The Morgan fingerprint density at radius 2 is 1.62 bits per heavy atom. The minimum atomic E-state index is 0.453. The van der Waals surface area contributed by atoms with Crippen molar-refractivity contribution in [3.63, 3.8) is 0 Å². The van der Waals surface area contributed by atoms with Crippen LogP contribution >= 0.6 is 0 Å². The van der Waals surface area contributed by atoms with Crippen molar-refractivity contribution in [2.45, 2.75) is 0 Å². The van der Waals surface area contributed by atoms with E-state index in [1.54, 1.807) is 0 Å². The topological polar surface area (TPSA) is 54.6 Å². The highest BCUT2D eigenvalue weighted by molar-refractivity contribution is 5.75. The molecule has 136 valence electrons. The zero-order valence-electron chi connectivity index (χ0n) is 15.6. The molecule has 0 radical (unpaired) electrons. The average Bonchev–Trinajstić information content (AvgIpc) is 3.11. The van der Waals surface area contributed by atoms with Gasteiger partial charge in [0.25, 0.3) is 5.89 Å². The van der Waals surface area contributed by atoms with Crippen molar-refractivity contribution >= 4 is 5.69 Å². The number of hydrogen-bond donors (Lipinski definition) is 0. The monoisotopic (exact) mass is 352 g/mol. The van der Waals surface area contributed by atoms with Crippen LogP contribution in [0, 0.1) is 0 Å². The molecule has 6 heteroatoms. The molecule has 0 saturated heterocycles. The van der Waals surface area contributed by atoms with Crippen molar-refractivity contribution in [1.82, 2.24) is 15.0 Å². The molecular formula is C20H24N4O2. The molecule has 1 heterocycles. The molecule has 0 N–H and O–H groups in total. The second kappa shape index (κ2) is 8.01. The number of nitrogens with zero attached hydrogens (tertiary/aromatic N) is 4. The summed E-state index contributed by atoms with van der Waals surface area (Å²) in [6.07, 6.45) is 0. The highest BCUT2D eigenvalue weighted by Crippen LogP contribution is 2.32. The molecule has 6 nitrogen and oxygen atoms in total. The maximum atomic E-state index is 5.90. The fraction of sp³-hybridized carbons (Fsp3) is 0.300. The van der Waals surface area contributed by atoms with Crippen LogP contribution in [0.3, 0.4) is 0 Å². The summed E-state index contributed by atoms with van der Waals surface area (Å²) in [5, 5.41) is 4.18. The molecule has 2 aromatic carbocycles. The number of para-hydroxylation sites is 2. The van der Waals surface area contributed by atoms with E-state index in [1.807, 2.05) is 81.6 Å². The largest absolute Gasteiger partial charge is 0.491 e. The Hall–Kier alpha value is -2.86. The van der Waals surface area contributed by atoms with Gasteiger partial charge in [-0.05, 0) is 38.4 Å². The summed E-state index contributed by atoms with van der Waals surface area (Å²) < 4.78 is 11.4. The molecule has 26 heavy (non-hydrogen) atoms. The molecule has 0 aliphatic rings. The van der Waals surface area contributed by atoms with E-state index in [-0.39, 0.29) is 0 Å². The van der Waals surface area contributed by atoms with Gasteiger partial charge in [0.05, 0.1) is 5.56 Å². The highest BCUT2D eigenvalue weighted by atomic mass is 16.5. The van der Waals surface area contributed by atoms with E-state index in [2.05, 4.69) is 15.0 Å². The van der Waals surface area contributed by atoms with E-state index >= 15 is 0 Å². The lowest BCUT2D eigenvalue weighted by Crippen LogP contribution is -2.19. The maximum Gasteiger partial charge on any atom is 0.262 e. The summed E-state index contributed by atoms with van der Waals surface area (Å²) in [5.41, 5.74) is 2.77. The van der Waals surface area contributed by atoms with Gasteiger partial charge in [-0.2, -0.15) is 4.98 Å². The second-order valence-corrected chi connectivity index (χ2v) is 6.48. The molecule has 1 aromatic heterocycles. The smallest absolute Gasteiger partial charge is 0.262 e. The van der Waals surface area contributed by atoms with Crippen LogP contribution in [0.4, 0.5) is 5.69 Å². The standard InChI is InChI=1S/C20H24N4O2/c1-23(2)13-14-25-18-12-8-6-10-16(18)20-21-19(22-26-20)15-9-5-7-11-17(15)24(3)4/h5-12H,13-14H2,1-4H3. The van der Waals surface area contributed by atoms with Crippen LogP contribution in [0.15, 0.2) is 53.1 Å². The summed E-state index contributed by atoms with van der Waals surface area (Å²) >= 11 is 0. The molecular weight excluding hydrogens is 328 g/mol. The van der Waals surface area contributed by atoms with Crippen LogP contribution in [-0.4, -0.2) is 56.4 Å². The zero-order chi connectivity index (χ0) is 18.5. The maximum absolute atomic E-state index is 5.90. The number of likely N-dealkylation sites (N-methyl/N-ethyl adjacent to an activating group) is 1. The first kappa shape index (κ1) is 17.9. The summed E-state index contributed by atoms with van der Waals surface area (Å²) in [5.74, 6) is 1.76. The van der Waals surface area contributed by atoms with Crippen molar-refractivity contribution in [3.05, 3.63) is 48.5 Å². The lowest BCUT2D eigenvalue weighted by Gasteiger charge is -2.15. The number of aromatic nitrogens is 2. The Labute approximate surface area is 154 Å². The van der Waals surface area contributed by atoms with Crippen molar-refractivity contribution in [1.29, 1.82) is 0 Å². The van der Waals surface area contributed by atoms with Crippen LogP contribution in [0.2, 0.25) is 0 Å². The molecule has 0 aliphatic heterocycles. The third kappa shape index (κ3) is 4.03. The summed E-state index contributed by atoms with van der Waals surface area (Å²) in [4.78, 5) is 8.71. The van der Waals surface area contributed by atoms with Gasteiger partial charge in [-0.25, -0.2) is 0 Å². The number of rotatable bonds is 7. The van der Waals surface area contributed by atoms with Gasteiger partial charge in [0.2, 0.25) is 5.82 Å². The molecule has 0 bridgehead atoms. The molecule has 0 aliphatic carbocycles. The van der Waals surface area contributed by atoms with Gasteiger partial charge in [0, 0.05) is 31.9 Å². The van der Waals surface area contributed by atoms with Gasteiger partial charge in [0.1, 0.15) is 12.4 Å². The van der Waals surface area contributed by atoms with E-state index in [4.69, 9.17) is 9.26 Å². The van der Waals surface area contributed by atoms with Gasteiger partial charge in [-0.3, -0.25) is 0 Å². The van der Waals surface area contributed by atoms with E-state index in [1.165, 1.54) is 0 Å². The molecule has 0 saturated carbocycles. The first-order valence-electron chi connectivity index (χ1n) is 8.53. The van der Waals surface area contributed by atoms with Gasteiger partial charge in [-0.1, -0.05) is 29.4 Å².